The lowest BCUT2D eigenvalue weighted by Crippen LogP contribution is -2.44. The van der Waals surface area contributed by atoms with Crippen LogP contribution in [-0.2, 0) is 14.2 Å². The van der Waals surface area contributed by atoms with E-state index in [1.54, 1.807) is 14.0 Å². The van der Waals surface area contributed by atoms with Crippen molar-refractivity contribution in [2.24, 2.45) is 0 Å². The minimum atomic E-state index is 0.139. The van der Waals surface area contributed by atoms with Crippen LogP contribution in [0.4, 0.5) is 16.4 Å². The molecule has 2 aromatic rings. The van der Waals surface area contributed by atoms with Crippen LogP contribution in [0.25, 0.3) is 0 Å². The SMILES string of the molecule is COc1cc(N(C)Nc2sc(C#N)c(C)c2C#N)c(C)cc1N(CCOCCOCC[N+](C)(C)CCO)CCOCC[N+](C)(C)CCO. The molecule has 0 saturated heterocycles. The molecule has 0 aliphatic heterocycles. The fourth-order valence-electron chi connectivity index (χ4n) is 4.99. The van der Waals surface area contributed by atoms with Crippen LogP contribution in [0, 0.1) is 36.5 Å². The number of aliphatic hydroxyl groups is 2. The summed E-state index contributed by atoms with van der Waals surface area (Å²) in [6.07, 6.45) is 0. The molecule has 0 amide bonds. The molecule has 0 bridgehead atoms. The smallest absolute Gasteiger partial charge is 0.144 e. The minimum Gasteiger partial charge on any atom is -0.495 e. The van der Waals surface area contributed by atoms with Gasteiger partial charge in [0, 0.05) is 26.2 Å². The van der Waals surface area contributed by atoms with E-state index in [0.29, 0.717) is 102 Å². The van der Waals surface area contributed by atoms with Gasteiger partial charge in [-0.3, -0.25) is 10.4 Å². The van der Waals surface area contributed by atoms with Crippen molar-refractivity contribution < 1.29 is 38.1 Å². The molecule has 0 aliphatic carbocycles. The number of rotatable bonds is 24. The van der Waals surface area contributed by atoms with Crippen LogP contribution in [0.2, 0.25) is 0 Å². The summed E-state index contributed by atoms with van der Waals surface area (Å²) in [5, 5.41) is 40.2. The number of hydrogen-bond donors (Lipinski definition) is 3. The van der Waals surface area contributed by atoms with Gasteiger partial charge in [-0.05, 0) is 31.0 Å². The number of aliphatic hydroxyl groups excluding tert-OH is 2. The van der Waals surface area contributed by atoms with Gasteiger partial charge in [-0.15, -0.1) is 11.3 Å². The van der Waals surface area contributed by atoms with Gasteiger partial charge in [0.05, 0.1) is 105 Å². The zero-order chi connectivity index (χ0) is 35.7. The summed E-state index contributed by atoms with van der Waals surface area (Å²) in [5.41, 5.74) is 7.18. The van der Waals surface area contributed by atoms with Crippen LogP contribution in [0.1, 0.15) is 21.6 Å². The van der Waals surface area contributed by atoms with Gasteiger partial charge in [-0.2, -0.15) is 10.5 Å². The van der Waals surface area contributed by atoms with E-state index >= 15 is 0 Å². The molecule has 3 N–H and O–H groups in total. The number of likely N-dealkylation sites (N-methyl/N-ethyl adjacent to an activating group) is 2. The van der Waals surface area contributed by atoms with Gasteiger partial charge in [-0.1, -0.05) is 0 Å². The van der Waals surface area contributed by atoms with Crippen LogP contribution in [0.3, 0.4) is 0 Å². The topological polar surface area (TPSA) is 143 Å². The van der Waals surface area contributed by atoms with Crippen LogP contribution in [-0.4, -0.2) is 154 Å². The van der Waals surface area contributed by atoms with Crippen LogP contribution < -0.4 is 20.1 Å². The summed E-state index contributed by atoms with van der Waals surface area (Å²) < 4.78 is 25.0. The standard InChI is InChI=1S/C34H57N7O6S/c1-27-23-31(32(44-8)24-30(27)38(3)37-34-29(25-35)28(2)33(26-36)48-34)39(9-17-45-19-13-40(4,5)11-15-42)10-18-46-21-22-47-20-14-41(6,7)12-16-43/h23-24,37,42-43H,9-22H2,1-8H3/q+2. The molecule has 1 aromatic carbocycles. The van der Waals surface area contributed by atoms with Gasteiger partial charge < -0.3 is 43.0 Å². The Morgan fingerprint density at radius 3 is 1.83 bits per heavy atom. The second-order valence-electron chi connectivity index (χ2n) is 13.0. The van der Waals surface area contributed by atoms with E-state index in [-0.39, 0.29) is 13.2 Å². The summed E-state index contributed by atoms with van der Waals surface area (Å²) >= 11 is 1.26. The highest BCUT2D eigenvalue weighted by molar-refractivity contribution is 7.17. The Balaban J connectivity index is 2.13. The Morgan fingerprint density at radius 1 is 0.792 bits per heavy atom. The maximum Gasteiger partial charge on any atom is 0.144 e. The third-order valence-corrected chi connectivity index (χ3v) is 9.41. The predicted molar refractivity (Wildman–Crippen MR) is 191 cm³/mol. The van der Waals surface area contributed by atoms with E-state index in [2.05, 4.69) is 56.7 Å². The molecule has 1 aromatic heterocycles. The highest BCUT2D eigenvalue weighted by Gasteiger charge is 2.20. The first-order valence-corrected chi connectivity index (χ1v) is 17.1. The first-order valence-electron chi connectivity index (χ1n) is 16.3. The van der Waals surface area contributed by atoms with E-state index in [1.165, 1.54) is 11.3 Å². The highest BCUT2D eigenvalue weighted by Crippen LogP contribution is 2.37. The maximum atomic E-state index is 9.70. The minimum absolute atomic E-state index is 0.139. The van der Waals surface area contributed by atoms with Gasteiger partial charge in [0.2, 0.25) is 0 Å². The van der Waals surface area contributed by atoms with Crippen LogP contribution in [0.15, 0.2) is 12.1 Å². The van der Waals surface area contributed by atoms with Gasteiger partial charge in [0.1, 0.15) is 53.9 Å². The quantitative estimate of drug-likeness (QED) is 0.0850. The lowest BCUT2D eigenvalue weighted by Gasteiger charge is -2.30. The monoisotopic (exact) mass is 691 g/mol. The normalized spacial score (nSPS) is 11.7. The number of hydrazine groups is 1. The molecule has 1 heterocycles. The first kappa shape index (κ1) is 41.0. The predicted octanol–water partition coefficient (Wildman–Crippen LogP) is 2.57. The van der Waals surface area contributed by atoms with Crippen molar-refractivity contribution >= 4 is 27.7 Å². The highest BCUT2D eigenvalue weighted by atomic mass is 32.1. The van der Waals surface area contributed by atoms with Crippen molar-refractivity contribution in [1.82, 2.24) is 0 Å². The second kappa shape index (κ2) is 20.4. The van der Waals surface area contributed by atoms with Gasteiger partial charge in [0.25, 0.3) is 0 Å². The van der Waals surface area contributed by atoms with Crippen LogP contribution in [0.5, 0.6) is 5.75 Å². The lowest BCUT2D eigenvalue weighted by atomic mass is 10.1. The molecule has 0 spiro atoms. The Labute approximate surface area is 291 Å². The fraction of sp³-hybridized carbons (Fsp3) is 0.647. The van der Waals surface area contributed by atoms with Crippen molar-refractivity contribution in [1.29, 1.82) is 10.5 Å². The molecule has 14 heteroatoms. The number of nitrogens with zero attached hydrogens (tertiary/aromatic N) is 6. The molecule has 0 aliphatic rings. The van der Waals surface area contributed by atoms with Crippen molar-refractivity contribution in [2.45, 2.75) is 13.8 Å². The maximum absolute atomic E-state index is 9.70. The number of nitriles is 2. The lowest BCUT2D eigenvalue weighted by molar-refractivity contribution is -0.891. The van der Waals surface area contributed by atoms with E-state index in [9.17, 15) is 20.7 Å². The van der Waals surface area contributed by atoms with Gasteiger partial charge in [0.15, 0.2) is 0 Å². The Bertz CT molecular complexity index is 1350. The number of quaternary nitrogens is 2. The van der Waals surface area contributed by atoms with Crippen molar-refractivity contribution in [3.63, 3.8) is 0 Å². The molecule has 268 valence electrons. The number of methoxy groups -OCH3 is 1. The van der Waals surface area contributed by atoms with Crippen LogP contribution >= 0.6 is 11.3 Å². The summed E-state index contributed by atoms with van der Waals surface area (Å²) in [7, 11) is 11.8. The number of benzene rings is 1. The molecule has 0 saturated carbocycles. The number of anilines is 3. The third-order valence-electron chi connectivity index (χ3n) is 8.30. The molecular weight excluding hydrogens is 634 g/mol. The number of aryl methyl sites for hydroxylation is 1. The summed E-state index contributed by atoms with van der Waals surface area (Å²) in [5.74, 6) is 0.678. The molecule has 0 atom stereocenters. The number of nitrogens with one attached hydrogen (secondary N) is 1. The molecule has 2 rings (SSSR count). The van der Waals surface area contributed by atoms with Gasteiger partial charge >= 0.3 is 0 Å². The fourth-order valence-corrected chi connectivity index (χ4v) is 5.98. The zero-order valence-corrected chi connectivity index (χ0v) is 31.0. The average molecular weight is 692 g/mol. The number of ether oxygens (including phenoxy) is 4. The largest absolute Gasteiger partial charge is 0.495 e. The Morgan fingerprint density at radius 2 is 1.33 bits per heavy atom. The molecule has 0 radical (unpaired) electrons. The summed E-state index contributed by atoms with van der Waals surface area (Å²) in [6.45, 7) is 11.4. The van der Waals surface area contributed by atoms with E-state index < -0.39 is 0 Å². The van der Waals surface area contributed by atoms with E-state index in [0.717, 1.165) is 30.0 Å². The Hall–Kier alpha value is -3.18. The Kier molecular flexibility index (Phi) is 17.4. The van der Waals surface area contributed by atoms with E-state index in [4.69, 9.17) is 18.9 Å². The van der Waals surface area contributed by atoms with E-state index in [1.807, 2.05) is 25.0 Å². The van der Waals surface area contributed by atoms with Crippen molar-refractivity contribution in [3.05, 3.63) is 33.7 Å². The average Bonchev–Trinajstić information content (AvgIpc) is 3.33. The molecule has 0 fully saturated rings. The van der Waals surface area contributed by atoms with Crippen molar-refractivity contribution in [2.75, 3.05) is 150 Å². The zero-order valence-electron chi connectivity index (χ0n) is 30.2. The molecule has 0 unspecified atom stereocenters. The second-order valence-corrected chi connectivity index (χ2v) is 14.0. The van der Waals surface area contributed by atoms with Crippen molar-refractivity contribution in [3.8, 4) is 17.9 Å². The molecule has 13 nitrogen and oxygen atoms in total. The number of thiophene rings is 1. The molecular formula is C34H57N7O6S+2. The summed E-state index contributed by atoms with van der Waals surface area (Å²) in [6, 6.07) is 8.42. The number of hydrogen-bond acceptors (Lipinski definition) is 12. The first-order chi connectivity index (χ1) is 22.8. The summed E-state index contributed by atoms with van der Waals surface area (Å²) in [4.78, 5) is 2.71. The third kappa shape index (κ3) is 13.0. The molecule has 48 heavy (non-hydrogen) atoms. The van der Waals surface area contributed by atoms with Gasteiger partial charge in [-0.25, -0.2) is 0 Å².